The lowest BCUT2D eigenvalue weighted by Crippen LogP contribution is -2.37. The second-order valence-electron chi connectivity index (χ2n) is 7.12. The molecule has 33 heavy (non-hydrogen) atoms. The van der Waals surface area contributed by atoms with E-state index in [2.05, 4.69) is 5.32 Å². The molecule has 0 unspecified atom stereocenters. The number of carbonyl (C=O) groups excluding carboxylic acids is 1. The van der Waals surface area contributed by atoms with Gasteiger partial charge in [-0.15, -0.1) is 0 Å². The minimum Gasteiger partial charge on any atom is -0.324 e. The van der Waals surface area contributed by atoms with Crippen LogP contribution in [0.4, 0.5) is 11.4 Å². The first-order valence-electron chi connectivity index (χ1n) is 9.62. The number of hydrogen-bond donors (Lipinski definition) is 1. The number of nitro groups is 1. The summed E-state index contributed by atoms with van der Waals surface area (Å²) >= 11 is 12.1. The van der Waals surface area contributed by atoms with E-state index in [1.165, 1.54) is 42.5 Å². The smallest absolute Gasteiger partial charge is 0.271 e. The van der Waals surface area contributed by atoms with Crippen molar-refractivity contribution in [3.05, 3.63) is 98.0 Å². The maximum absolute atomic E-state index is 13.3. The Morgan fingerprint density at radius 1 is 1.06 bits per heavy atom. The fraction of sp³-hybridized carbons (Fsp3) is 0.136. The molecule has 0 saturated heterocycles. The van der Waals surface area contributed by atoms with Crippen molar-refractivity contribution in [1.82, 2.24) is 4.31 Å². The second kappa shape index (κ2) is 10.3. The van der Waals surface area contributed by atoms with Crippen LogP contribution in [-0.4, -0.2) is 30.1 Å². The van der Waals surface area contributed by atoms with Gasteiger partial charge in [-0.25, -0.2) is 8.42 Å². The molecule has 0 aromatic heterocycles. The number of benzene rings is 3. The highest BCUT2D eigenvalue weighted by atomic mass is 35.5. The van der Waals surface area contributed by atoms with Crippen LogP contribution >= 0.6 is 23.2 Å². The summed E-state index contributed by atoms with van der Waals surface area (Å²) in [5, 5.41) is 14.3. The van der Waals surface area contributed by atoms with Crippen molar-refractivity contribution < 1.29 is 18.1 Å². The van der Waals surface area contributed by atoms with Crippen LogP contribution in [0.25, 0.3) is 0 Å². The van der Waals surface area contributed by atoms with Crippen molar-refractivity contribution in [2.45, 2.75) is 18.4 Å². The number of nitrogens with one attached hydrogen (secondary N) is 1. The van der Waals surface area contributed by atoms with E-state index in [1.54, 1.807) is 31.2 Å². The molecule has 11 heteroatoms. The second-order valence-corrected chi connectivity index (χ2v) is 9.90. The molecule has 3 aromatic carbocycles. The number of anilines is 1. The minimum atomic E-state index is -4.10. The SMILES string of the molecule is Cc1ccc([N+](=O)[O-])cc1NC(=O)CN(Cc1ccccc1Cl)S(=O)(=O)c1ccc(Cl)cc1. The van der Waals surface area contributed by atoms with E-state index in [-0.39, 0.29) is 22.8 Å². The first kappa shape index (κ1) is 24.7. The van der Waals surface area contributed by atoms with Gasteiger partial charge in [0, 0.05) is 28.7 Å². The van der Waals surface area contributed by atoms with Crippen molar-refractivity contribution in [2.75, 3.05) is 11.9 Å². The summed E-state index contributed by atoms with van der Waals surface area (Å²) in [6.45, 7) is 0.968. The van der Waals surface area contributed by atoms with Gasteiger partial charge in [0.2, 0.25) is 15.9 Å². The first-order valence-corrected chi connectivity index (χ1v) is 11.8. The third kappa shape index (κ3) is 6.08. The van der Waals surface area contributed by atoms with Crippen LogP contribution < -0.4 is 5.32 Å². The first-order chi connectivity index (χ1) is 15.6. The number of non-ortho nitro benzene ring substituents is 1. The highest BCUT2D eigenvalue weighted by Crippen LogP contribution is 2.25. The molecular formula is C22H19Cl2N3O5S. The van der Waals surface area contributed by atoms with Crippen molar-refractivity contribution in [1.29, 1.82) is 0 Å². The van der Waals surface area contributed by atoms with E-state index in [4.69, 9.17) is 23.2 Å². The zero-order chi connectivity index (χ0) is 24.2. The fourth-order valence-electron chi connectivity index (χ4n) is 3.01. The number of aryl methyl sites for hydroxylation is 1. The van der Waals surface area contributed by atoms with Crippen LogP contribution in [0.1, 0.15) is 11.1 Å². The summed E-state index contributed by atoms with van der Waals surface area (Å²) in [5.41, 5.74) is 1.12. The molecule has 0 atom stereocenters. The molecule has 0 spiro atoms. The van der Waals surface area contributed by atoms with E-state index in [1.807, 2.05) is 0 Å². The van der Waals surface area contributed by atoms with Gasteiger partial charge < -0.3 is 5.32 Å². The monoisotopic (exact) mass is 507 g/mol. The lowest BCUT2D eigenvalue weighted by atomic mass is 10.2. The van der Waals surface area contributed by atoms with Crippen molar-refractivity contribution in [3.63, 3.8) is 0 Å². The van der Waals surface area contributed by atoms with Gasteiger partial charge in [-0.2, -0.15) is 4.31 Å². The summed E-state index contributed by atoms with van der Waals surface area (Å²) in [7, 11) is -4.10. The number of carbonyl (C=O) groups is 1. The Kier molecular flexibility index (Phi) is 7.70. The Bertz CT molecular complexity index is 1300. The molecular weight excluding hydrogens is 489 g/mol. The molecule has 1 N–H and O–H groups in total. The van der Waals surface area contributed by atoms with Gasteiger partial charge in [0.05, 0.1) is 22.1 Å². The van der Waals surface area contributed by atoms with Crippen molar-refractivity contribution in [2.24, 2.45) is 0 Å². The van der Waals surface area contributed by atoms with E-state index in [9.17, 15) is 23.3 Å². The predicted molar refractivity (Wildman–Crippen MR) is 127 cm³/mol. The number of rotatable bonds is 8. The zero-order valence-corrected chi connectivity index (χ0v) is 19.7. The van der Waals surface area contributed by atoms with Crippen LogP contribution in [0.5, 0.6) is 0 Å². The maximum Gasteiger partial charge on any atom is 0.271 e. The van der Waals surface area contributed by atoms with Gasteiger partial charge >= 0.3 is 0 Å². The number of sulfonamides is 1. The summed E-state index contributed by atoms with van der Waals surface area (Å²) < 4.78 is 27.6. The summed E-state index contributed by atoms with van der Waals surface area (Å²) in [6, 6.07) is 16.3. The molecule has 0 aliphatic carbocycles. The molecule has 0 fully saturated rings. The summed E-state index contributed by atoms with van der Waals surface area (Å²) in [6.07, 6.45) is 0. The number of halogens is 2. The van der Waals surface area contributed by atoms with E-state index < -0.39 is 27.4 Å². The molecule has 8 nitrogen and oxygen atoms in total. The maximum atomic E-state index is 13.3. The fourth-order valence-corrected chi connectivity index (χ4v) is 4.70. The summed E-state index contributed by atoms with van der Waals surface area (Å²) in [4.78, 5) is 23.3. The molecule has 0 saturated carbocycles. The minimum absolute atomic E-state index is 0.0433. The van der Waals surface area contributed by atoms with Gasteiger partial charge in [0.25, 0.3) is 5.69 Å². The van der Waals surface area contributed by atoms with E-state index >= 15 is 0 Å². The van der Waals surface area contributed by atoms with Crippen LogP contribution in [0.3, 0.4) is 0 Å². The van der Waals surface area contributed by atoms with Gasteiger partial charge in [-0.1, -0.05) is 47.5 Å². The molecule has 0 aliphatic rings. The van der Waals surface area contributed by atoms with Crippen molar-refractivity contribution >= 4 is 50.5 Å². The third-order valence-corrected chi connectivity index (χ3v) is 7.21. The Balaban J connectivity index is 1.92. The molecule has 3 aromatic rings. The Labute approximate surface area is 200 Å². The molecule has 0 radical (unpaired) electrons. The lowest BCUT2D eigenvalue weighted by molar-refractivity contribution is -0.384. The highest BCUT2D eigenvalue weighted by Gasteiger charge is 2.28. The van der Waals surface area contributed by atoms with Gasteiger partial charge in [0.15, 0.2) is 0 Å². The quantitative estimate of drug-likeness (QED) is 0.339. The number of hydrogen-bond acceptors (Lipinski definition) is 5. The molecule has 0 bridgehead atoms. The Morgan fingerprint density at radius 2 is 1.73 bits per heavy atom. The van der Waals surface area contributed by atoms with Crippen LogP contribution in [-0.2, 0) is 21.4 Å². The average Bonchev–Trinajstić information content (AvgIpc) is 2.76. The standard InChI is InChI=1S/C22H19Cl2N3O5S/c1-15-6-9-18(27(29)30)12-21(15)25-22(28)14-26(13-16-4-2-3-5-20(16)24)33(31,32)19-10-7-17(23)8-11-19/h2-12H,13-14H2,1H3,(H,25,28). The van der Waals surface area contributed by atoms with Crippen LogP contribution in [0.15, 0.2) is 71.6 Å². The van der Waals surface area contributed by atoms with E-state index in [0.717, 1.165) is 4.31 Å². The van der Waals surface area contributed by atoms with Gasteiger partial charge in [-0.3, -0.25) is 14.9 Å². The third-order valence-electron chi connectivity index (χ3n) is 4.78. The van der Waals surface area contributed by atoms with Crippen LogP contribution in [0.2, 0.25) is 10.0 Å². The Morgan fingerprint density at radius 3 is 2.36 bits per heavy atom. The van der Waals surface area contributed by atoms with Gasteiger partial charge in [0.1, 0.15) is 0 Å². The number of amides is 1. The number of nitrogens with zero attached hydrogens (tertiary/aromatic N) is 2. The molecule has 3 rings (SSSR count). The lowest BCUT2D eigenvalue weighted by Gasteiger charge is -2.22. The molecule has 0 heterocycles. The predicted octanol–water partition coefficient (Wildman–Crippen LogP) is 5.04. The number of nitro benzene ring substituents is 1. The van der Waals surface area contributed by atoms with Gasteiger partial charge in [-0.05, 0) is 48.4 Å². The molecule has 1 amide bonds. The van der Waals surface area contributed by atoms with E-state index in [0.29, 0.717) is 21.2 Å². The van der Waals surface area contributed by atoms with Crippen molar-refractivity contribution in [3.8, 4) is 0 Å². The molecule has 0 aliphatic heterocycles. The Hall–Kier alpha value is -2.98. The topological polar surface area (TPSA) is 110 Å². The zero-order valence-electron chi connectivity index (χ0n) is 17.4. The average molecular weight is 508 g/mol. The normalized spacial score (nSPS) is 11.4. The molecule has 172 valence electrons. The largest absolute Gasteiger partial charge is 0.324 e. The van der Waals surface area contributed by atoms with Crippen LogP contribution in [0, 0.1) is 17.0 Å². The summed E-state index contributed by atoms with van der Waals surface area (Å²) in [5.74, 6) is -0.664. The highest BCUT2D eigenvalue weighted by molar-refractivity contribution is 7.89.